The molecule has 2 rings (SSSR count). The van der Waals surface area contributed by atoms with Gasteiger partial charge in [0.25, 0.3) is 0 Å². The second kappa shape index (κ2) is 6.35. The van der Waals surface area contributed by atoms with E-state index < -0.39 is 0 Å². The lowest BCUT2D eigenvalue weighted by atomic mass is 10.1. The molecule has 0 saturated carbocycles. The van der Waals surface area contributed by atoms with Crippen molar-refractivity contribution in [2.24, 2.45) is 0 Å². The van der Waals surface area contributed by atoms with E-state index in [1.807, 2.05) is 43.3 Å². The van der Waals surface area contributed by atoms with Gasteiger partial charge in [0.15, 0.2) is 6.61 Å². The zero-order valence-electron chi connectivity index (χ0n) is 10.3. The van der Waals surface area contributed by atoms with E-state index in [9.17, 15) is 4.79 Å². The van der Waals surface area contributed by atoms with Gasteiger partial charge >= 0.3 is 0 Å². The summed E-state index contributed by atoms with van der Waals surface area (Å²) in [5.41, 5.74) is 1.77. The van der Waals surface area contributed by atoms with Crippen LogP contribution in [0.1, 0.15) is 15.9 Å². The smallest absolute Gasteiger partial charge is 0.201 e. The zero-order chi connectivity index (χ0) is 13.8. The van der Waals surface area contributed by atoms with Gasteiger partial charge in [0.1, 0.15) is 5.75 Å². The SMILES string of the molecule is Cc1ccc(OCC(=O)c2ccccc2Br)c(Br)c1. The van der Waals surface area contributed by atoms with Crippen LogP contribution in [0, 0.1) is 6.92 Å². The molecule has 0 heterocycles. The van der Waals surface area contributed by atoms with E-state index in [1.165, 1.54) is 0 Å². The monoisotopic (exact) mass is 382 g/mol. The highest BCUT2D eigenvalue weighted by atomic mass is 79.9. The summed E-state index contributed by atoms with van der Waals surface area (Å²) in [5, 5.41) is 0. The number of aryl methyl sites for hydroxylation is 1. The molecular weight excluding hydrogens is 372 g/mol. The number of halogens is 2. The zero-order valence-corrected chi connectivity index (χ0v) is 13.5. The largest absolute Gasteiger partial charge is 0.484 e. The van der Waals surface area contributed by atoms with Crippen molar-refractivity contribution >= 4 is 37.6 Å². The number of carbonyl (C=O) groups excluding carboxylic acids is 1. The summed E-state index contributed by atoms with van der Waals surface area (Å²) < 4.78 is 7.18. The van der Waals surface area contributed by atoms with E-state index in [0.717, 1.165) is 14.5 Å². The van der Waals surface area contributed by atoms with Gasteiger partial charge in [-0.15, -0.1) is 0 Å². The van der Waals surface area contributed by atoms with Crippen molar-refractivity contribution in [3.8, 4) is 5.75 Å². The van der Waals surface area contributed by atoms with Crippen LogP contribution in [-0.4, -0.2) is 12.4 Å². The van der Waals surface area contributed by atoms with Crippen molar-refractivity contribution in [1.82, 2.24) is 0 Å². The molecule has 2 aromatic rings. The van der Waals surface area contributed by atoms with Crippen LogP contribution >= 0.6 is 31.9 Å². The maximum atomic E-state index is 12.0. The third-order valence-electron chi connectivity index (χ3n) is 2.62. The van der Waals surface area contributed by atoms with Gasteiger partial charge in [0.05, 0.1) is 4.47 Å². The van der Waals surface area contributed by atoms with E-state index in [-0.39, 0.29) is 12.4 Å². The van der Waals surface area contributed by atoms with Gasteiger partial charge in [0, 0.05) is 10.0 Å². The molecule has 0 bridgehead atoms. The molecule has 0 spiro atoms. The Balaban J connectivity index is 2.07. The molecule has 0 aliphatic heterocycles. The van der Waals surface area contributed by atoms with Crippen LogP contribution < -0.4 is 4.74 Å². The fourth-order valence-corrected chi connectivity index (χ4v) is 2.74. The number of carbonyl (C=O) groups is 1. The average Bonchev–Trinajstić information content (AvgIpc) is 2.38. The predicted molar refractivity (Wildman–Crippen MR) is 82.8 cm³/mol. The van der Waals surface area contributed by atoms with Gasteiger partial charge in [0.2, 0.25) is 5.78 Å². The van der Waals surface area contributed by atoms with Crippen molar-refractivity contribution in [2.75, 3.05) is 6.61 Å². The Morgan fingerprint density at radius 2 is 1.84 bits per heavy atom. The molecule has 2 aromatic carbocycles. The molecule has 0 unspecified atom stereocenters. The molecular formula is C15H12Br2O2. The first-order valence-corrected chi connectivity index (χ1v) is 7.33. The molecule has 98 valence electrons. The number of benzene rings is 2. The number of ether oxygens (including phenoxy) is 1. The van der Waals surface area contributed by atoms with Gasteiger partial charge in [-0.1, -0.05) is 40.2 Å². The quantitative estimate of drug-likeness (QED) is 0.710. The molecule has 2 nitrogen and oxygen atoms in total. The lowest BCUT2D eigenvalue weighted by Crippen LogP contribution is -2.12. The van der Waals surface area contributed by atoms with Crippen molar-refractivity contribution in [3.63, 3.8) is 0 Å². The summed E-state index contributed by atoms with van der Waals surface area (Å²) in [6, 6.07) is 13.1. The van der Waals surface area contributed by atoms with Gasteiger partial charge in [-0.2, -0.15) is 0 Å². The van der Waals surface area contributed by atoms with Crippen LogP contribution in [0.15, 0.2) is 51.4 Å². The van der Waals surface area contributed by atoms with Crippen molar-refractivity contribution in [1.29, 1.82) is 0 Å². The Morgan fingerprint density at radius 1 is 1.11 bits per heavy atom. The highest BCUT2D eigenvalue weighted by Gasteiger charge is 2.11. The second-order valence-electron chi connectivity index (χ2n) is 4.13. The minimum absolute atomic E-state index is 0.0181. The van der Waals surface area contributed by atoms with Crippen molar-refractivity contribution < 1.29 is 9.53 Å². The third-order valence-corrected chi connectivity index (χ3v) is 3.93. The Labute approximate surface area is 129 Å². The Hall–Kier alpha value is -1.13. The number of rotatable bonds is 4. The molecule has 19 heavy (non-hydrogen) atoms. The maximum Gasteiger partial charge on any atom is 0.201 e. The second-order valence-corrected chi connectivity index (χ2v) is 5.83. The summed E-state index contributed by atoms with van der Waals surface area (Å²) in [6.07, 6.45) is 0. The van der Waals surface area contributed by atoms with Gasteiger partial charge < -0.3 is 4.74 Å². The lowest BCUT2D eigenvalue weighted by molar-refractivity contribution is 0.0920. The first-order chi connectivity index (χ1) is 9.08. The molecule has 0 amide bonds. The average molecular weight is 384 g/mol. The summed E-state index contributed by atoms with van der Waals surface area (Å²) >= 11 is 6.78. The van der Waals surface area contributed by atoms with Crippen LogP contribution in [0.3, 0.4) is 0 Å². The van der Waals surface area contributed by atoms with Crippen molar-refractivity contribution in [3.05, 3.63) is 62.5 Å². The summed E-state index contributed by atoms with van der Waals surface area (Å²) in [4.78, 5) is 12.0. The van der Waals surface area contributed by atoms with Crippen LogP contribution in [0.2, 0.25) is 0 Å². The maximum absolute atomic E-state index is 12.0. The number of hydrogen-bond donors (Lipinski definition) is 0. The molecule has 0 fully saturated rings. The summed E-state index contributed by atoms with van der Waals surface area (Å²) in [6.45, 7) is 2.02. The Morgan fingerprint density at radius 3 is 2.53 bits per heavy atom. The lowest BCUT2D eigenvalue weighted by Gasteiger charge is -2.09. The van der Waals surface area contributed by atoms with E-state index in [0.29, 0.717) is 11.3 Å². The van der Waals surface area contributed by atoms with Crippen LogP contribution in [-0.2, 0) is 0 Å². The number of Topliss-reactive ketones (excluding diaryl/α,β-unsaturated/α-hetero) is 1. The standard InChI is InChI=1S/C15H12Br2O2/c1-10-6-7-15(13(17)8-10)19-9-14(18)11-4-2-3-5-12(11)16/h2-8H,9H2,1H3. The fourth-order valence-electron chi connectivity index (χ4n) is 1.63. The molecule has 0 radical (unpaired) electrons. The first-order valence-electron chi connectivity index (χ1n) is 5.74. The molecule has 0 aromatic heterocycles. The van der Waals surface area contributed by atoms with E-state index in [1.54, 1.807) is 6.07 Å². The topological polar surface area (TPSA) is 26.3 Å². The highest BCUT2D eigenvalue weighted by molar-refractivity contribution is 9.10. The minimum Gasteiger partial charge on any atom is -0.484 e. The Kier molecular flexibility index (Phi) is 4.77. The van der Waals surface area contributed by atoms with Crippen molar-refractivity contribution in [2.45, 2.75) is 6.92 Å². The van der Waals surface area contributed by atoms with Crippen LogP contribution in [0.25, 0.3) is 0 Å². The first kappa shape index (κ1) is 14.3. The number of hydrogen-bond acceptors (Lipinski definition) is 2. The molecule has 0 atom stereocenters. The minimum atomic E-state index is -0.0556. The normalized spacial score (nSPS) is 10.3. The molecule has 0 aliphatic rings. The van der Waals surface area contributed by atoms with E-state index in [2.05, 4.69) is 31.9 Å². The van der Waals surface area contributed by atoms with E-state index >= 15 is 0 Å². The molecule has 0 saturated heterocycles. The summed E-state index contributed by atoms with van der Waals surface area (Å²) in [7, 11) is 0. The predicted octanol–water partition coefficient (Wildman–Crippen LogP) is 4.78. The molecule has 0 aliphatic carbocycles. The van der Waals surface area contributed by atoms with Gasteiger partial charge in [-0.05, 0) is 46.6 Å². The summed E-state index contributed by atoms with van der Waals surface area (Å²) in [5.74, 6) is 0.617. The fraction of sp³-hybridized carbons (Fsp3) is 0.133. The molecule has 0 N–H and O–H groups in total. The third kappa shape index (κ3) is 3.67. The van der Waals surface area contributed by atoms with Gasteiger partial charge in [-0.3, -0.25) is 4.79 Å². The van der Waals surface area contributed by atoms with Gasteiger partial charge in [-0.25, -0.2) is 0 Å². The van der Waals surface area contributed by atoms with Crippen LogP contribution in [0.4, 0.5) is 0 Å². The number of ketones is 1. The van der Waals surface area contributed by atoms with E-state index in [4.69, 9.17) is 4.74 Å². The molecule has 4 heteroatoms. The van der Waals surface area contributed by atoms with Crippen LogP contribution in [0.5, 0.6) is 5.75 Å². The Bertz CT molecular complexity index is 609. The highest BCUT2D eigenvalue weighted by Crippen LogP contribution is 2.26.